The quantitative estimate of drug-likeness (QED) is 0.613. The fourth-order valence-corrected chi connectivity index (χ4v) is 4.37. The first kappa shape index (κ1) is 18.3. The van der Waals surface area contributed by atoms with Gasteiger partial charge in [-0.1, -0.05) is 59.6 Å². The van der Waals surface area contributed by atoms with Crippen LogP contribution in [0.4, 0.5) is 0 Å². The Morgan fingerprint density at radius 1 is 1.12 bits per heavy atom. The number of imidazole rings is 1. The molecule has 1 N–H and O–H groups in total. The molecule has 3 rings (SSSR count). The highest BCUT2D eigenvalue weighted by Crippen LogP contribution is 2.35. The number of nitrogens with zero attached hydrogens (tertiary/aromatic N) is 2. The topological polar surface area (TPSA) is 38.0 Å². The second-order valence-corrected chi connectivity index (χ2v) is 7.70. The summed E-state index contributed by atoms with van der Waals surface area (Å²) >= 11 is 14.0. The summed E-state index contributed by atoms with van der Waals surface area (Å²) in [5, 5.41) is 12.4. The summed E-state index contributed by atoms with van der Waals surface area (Å²) in [6.07, 6.45) is 5.22. The summed E-state index contributed by atoms with van der Waals surface area (Å²) in [6.45, 7) is 0.371. The van der Waals surface area contributed by atoms with Gasteiger partial charge in [-0.15, -0.1) is 0 Å². The molecule has 2 aromatic carbocycles. The molecule has 3 aromatic rings. The normalized spacial score (nSPS) is 13.6. The minimum Gasteiger partial charge on any atom is -0.382 e. The van der Waals surface area contributed by atoms with Crippen molar-refractivity contribution in [2.75, 3.05) is 5.75 Å². The summed E-state index contributed by atoms with van der Waals surface area (Å²) in [7, 11) is 0. The number of halogens is 2. The van der Waals surface area contributed by atoms with Crippen LogP contribution in [0.15, 0.2) is 67.3 Å². The second-order valence-electron chi connectivity index (χ2n) is 5.87. The third-order valence-electron chi connectivity index (χ3n) is 3.89. The first-order chi connectivity index (χ1) is 12.1. The third kappa shape index (κ3) is 4.79. The number of thioether (sulfide) groups is 1. The molecule has 0 spiro atoms. The van der Waals surface area contributed by atoms with E-state index in [-0.39, 0.29) is 0 Å². The van der Waals surface area contributed by atoms with Crippen molar-refractivity contribution in [1.29, 1.82) is 0 Å². The zero-order valence-electron chi connectivity index (χ0n) is 13.5. The SMILES string of the molecule is OC(CSCc1ccccc1)(Cn1ccnc1)c1ccc(Cl)cc1Cl. The van der Waals surface area contributed by atoms with Crippen LogP contribution in [0.2, 0.25) is 10.0 Å². The van der Waals surface area contributed by atoms with Crippen LogP contribution in [0.5, 0.6) is 0 Å². The number of rotatable bonds is 7. The lowest BCUT2D eigenvalue weighted by Gasteiger charge is -2.30. The van der Waals surface area contributed by atoms with Gasteiger partial charge >= 0.3 is 0 Å². The van der Waals surface area contributed by atoms with Crippen molar-refractivity contribution < 1.29 is 5.11 Å². The van der Waals surface area contributed by atoms with Gasteiger partial charge in [0.15, 0.2) is 0 Å². The van der Waals surface area contributed by atoms with Crippen LogP contribution >= 0.6 is 35.0 Å². The van der Waals surface area contributed by atoms with E-state index in [9.17, 15) is 5.11 Å². The summed E-state index contributed by atoms with van der Waals surface area (Å²) in [5.74, 6) is 1.32. The zero-order chi connectivity index (χ0) is 17.7. The van der Waals surface area contributed by atoms with Gasteiger partial charge in [0.2, 0.25) is 0 Å². The fraction of sp³-hybridized carbons (Fsp3) is 0.211. The van der Waals surface area contributed by atoms with E-state index in [1.165, 1.54) is 5.56 Å². The molecule has 0 aliphatic rings. The molecule has 3 nitrogen and oxygen atoms in total. The van der Waals surface area contributed by atoms with E-state index in [2.05, 4.69) is 17.1 Å². The van der Waals surface area contributed by atoms with Gasteiger partial charge in [0.1, 0.15) is 5.60 Å². The Labute approximate surface area is 161 Å². The van der Waals surface area contributed by atoms with Crippen molar-refractivity contribution in [3.63, 3.8) is 0 Å². The predicted molar refractivity (Wildman–Crippen MR) is 105 cm³/mol. The zero-order valence-corrected chi connectivity index (χ0v) is 15.8. The van der Waals surface area contributed by atoms with E-state index >= 15 is 0 Å². The molecular formula is C19H18Cl2N2OS. The van der Waals surface area contributed by atoms with E-state index in [1.54, 1.807) is 42.5 Å². The average molecular weight is 393 g/mol. The van der Waals surface area contributed by atoms with Crippen LogP contribution in [0.3, 0.4) is 0 Å². The van der Waals surface area contributed by atoms with Crippen molar-refractivity contribution in [3.05, 3.63) is 88.4 Å². The van der Waals surface area contributed by atoms with Crippen LogP contribution in [-0.4, -0.2) is 20.4 Å². The maximum absolute atomic E-state index is 11.4. The van der Waals surface area contributed by atoms with Crippen LogP contribution in [-0.2, 0) is 17.9 Å². The molecule has 0 aliphatic heterocycles. The van der Waals surface area contributed by atoms with Gasteiger partial charge in [0.05, 0.1) is 12.9 Å². The molecule has 25 heavy (non-hydrogen) atoms. The van der Waals surface area contributed by atoms with Gasteiger partial charge in [0, 0.05) is 39.5 Å². The second kappa shape index (κ2) is 8.28. The lowest BCUT2D eigenvalue weighted by Crippen LogP contribution is -2.34. The van der Waals surface area contributed by atoms with E-state index in [0.717, 1.165) is 5.75 Å². The van der Waals surface area contributed by atoms with Crippen molar-refractivity contribution in [2.45, 2.75) is 17.9 Å². The summed E-state index contributed by atoms with van der Waals surface area (Å²) < 4.78 is 1.86. The molecular weight excluding hydrogens is 375 g/mol. The predicted octanol–water partition coefficient (Wildman–Crippen LogP) is 5.01. The van der Waals surface area contributed by atoms with Gasteiger partial charge in [-0.3, -0.25) is 0 Å². The molecule has 0 bridgehead atoms. The van der Waals surface area contributed by atoms with E-state index in [1.807, 2.05) is 29.0 Å². The number of benzene rings is 2. The Morgan fingerprint density at radius 2 is 1.92 bits per heavy atom. The molecule has 1 aromatic heterocycles. The maximum Gasteiger partial charge on any atom is 0.118 e. The summed E-state index contributed by atoms with van der Waals surface area (Å²) in [6, 6.07) is 15.4. The molecule has 0 radical (unpaired) electrons. The van der Waals surface area contributed by atoms with E-state index in [4.69, 9.17) is 23.2 Å². The third-order valence-corrected chi connectivity index (χ3v) is 5.66. The van der Waals surface area contributed by atoms with Crippen molar-refractivity contribution >= 4 is 35.0 Å². The standard InChI is InChI=1S/C19H18Cl2N2OS/c20-16-6-7-17(18(21)10-16)19(24,12-23-9-8-22-14-23)13-25-11-15-4-2-1-3-5-15/h1-10,14,24H,11-13H2. The summed E-state index contributed by atoms with van der Waals surface area (Å²) in [4.78, 5) is 4.06. The minimum atomic E-state index is -1.12. The lowest BCUT2D eigenvalue weighted by atomic mass is 9.95. The minimum absolute atomic E-state index is 0.371. The molecule has 1 atom stereocenters. The number of aliphatic hydroxyl groups is 1. The molecule has 0 fully saturated rings. The highest BCUT2D eigenvalue weighted by molar-refractivity contribution is 7.98. The molecule has 6 heteroatoms. The molecule has 0 saturated heterocycles. The molecule has 130 valence electrons. The molecule has 1 heterocycles. The molecule has 0 saturated carbocycles. The Bertz CT molecular complexity index is 812. The van der Waals surface area contributed by atoms with Gasteiger partial charge in [-0.2, -0.15) is 11.8 Å². The number of aromatic nitrogens is 2. The van der Waals surface area contributed by atoms with Gasteiger partial charge in [-0.25, -0.2) is 4.98 Å². The van der Waals surface area contributed by atoms with Gasteiger partial charge in [0.25, 0.3) is 0 Å². The van der Waals surface area contributed by atoms with Gasteiger partial charge in [-0.05, 0) is 17.7 Å². The molecule has 0 aliphatic carbocycles. The van der Waals surface area contributed by atoms with E-state index < -0.39 is 5.60 Å². The number of hydrogen-bond donors (Lipinski definition) is 1. The Morgan fingerprint density at radius 3 is 2.60 bits per heavy atom. The van der Waals surface area contributed by atoms with Crippen LogP contribution in [0.1, 0.15) is 11.1 Å². The molecule has 0 amide bonds. The van der Waals surface area contributed by atoms with Gasteiger partial charge < -0.3 is 9.67 Å². The van der Waals surface area contributed by atoms with Crippen LogP contribution in [0, 0.1) is 0 Å². The highest BCUT2D eigenvalue weighted by Gasteiger charge is 2.32. The first-order valence-corrected chi connectivity index (χ1v) is 9.73. The number of hydrogen-bond acceptors (Lipinski definition) is 3. The Hall–Kier alpha value is -1.46. The fourth-order valence-electron chi connectivity index (χ4n) is 2.67. The monoisotopic (exact) mass is 392 g/mol. The highest BCUT2D eigenvalue weighted by atomic mass is 35.5. The summed E-state index contributed by atoms with van der Waals surface area (Å²) in [5.41, 5.74) is 0.773. The van der Waals surface area contributed by atoms with Crippen LogP contribution < -0.4 is 0 Å². The molecule has 1 unspecified atom stereocenters. The average Bonchev–Trinajstić information content (AvgIpc) is 3.08. The van der Waals surface area contributed by atoms with Crippen molar-refractivity contribution in [3.8, 4) is 0 Å². The Kier molecular flexibility index (Phi) is 6.07. The van der Waals surface area contributed by atoms with Crippen LogP contribution in [0.25, 0.3) is 0 Å². The van der Waals surface area contributed by atoms with Crippen molar-refractivity contribution in [1.82, 2.24) is 9.55 Å². The largest absolute Gasteiger partial charge is 0.382 e. The van der Waals surface area contributed by atoms with Crippen molar-refractivity contribution in [2.24, 2.45) is 0 Å². The Balaban J connectivity index is 1.81. The lowest BCUT2D eigenvalue weighted by molar-refractivity contribution is 0.0435. The maximum atomic E-state index is 11.4. The van der Waals surface area contributed by atoms with E-state index in [0.29, 0.717) is 27.9 Å². The first-order valence-electron chi connectivity index (χ1n) is 7.82. The smallest absolute Gasteiger partial charge is 0.118 e.